The van der Waals surface area contributed by atoms with Crippen molar-refractivity contribution in [2.24, 2.45) is 0 Å². The van der Waals surface area contributed by atoms with Gasteiger partial charge in [-0.15, -0.1) is 0 Å². The van der Waals surface area contributed by atoms with Gasteiger partial charge in [-0.1, -0.05) is 48.6 Å². The van der Waals surface area contributed by atoms with Gasteiger partial charge in [0, 0.05) is 11.4 Å². The van der Waals surface area contributed by atoms with Crippen LogP contribution in [0.25, 0.3) is 0 Å². The highest BCUT2D eigenvalue weighted by molar-refractivity contribution is 7.80. The molecule has 2 rings (SSSR count). The SMILES string of the molecule is FC(F)(F)C(=S)N(c1ccccc1)c1ccccc1. The molecule has 0 amide bonds. The summed E-state index contributed by atoms with van der Waals surface area (Å²) in [6, 6.07) is 16.5. The Labute approximate surface area is 114 Å². The maximum Gasteiger partial charge on any atom is 0.442 e. The first-order valence-corrected chi connectivity index (χ1v) is 5.92. The minimum absolute atomic E-state index is 0.385. The van der Waals surface area contributed by atoms with Crippen LogP contribution in [0.3, 0.4) is 0 Å². The van der Waals surface area contributed by atoms with Gasteiger partial charge in [0.05, 0.1) is 0 Å². The first-order valence-electron chi connectivity index (χ1n) is 5.51. The third-order valence-electron chi connectivity index (χ3n) is 2.47. The summed E-state index contributed by atoms with van der Waals surface area (Å²) < 4.78 is 38.7. The molecule has 0 aromatic heterocycles. The van der Waals surface area contributed by atoms with Crippen LogP contribution < -0.4 is 4.90 Å². The van der Waals surface area contributed by atoms with Crippen LogP contribution in [0.5, 0.6) is 0 Å². The molecule has 5 heteroatoms. The molecule has 0 saturated carbocycles. The van der Waals surface area contributed by atoms with Crippen molar-refractivity contribution >= 4 is 28.6 Å². The topological polar surface area (TPSA) is 3.24 Å². The molecular formula is C14H10F3NS. The number of halogens is 3. The average molecular weight is 281 g/mol. The van der Waals surface area contributed by atoms with Gasteiger partial charge in [-0.05, 0) is 24.3 Å². The number of hydrogen-bond donors (Lipinski definition) is 0. The van der Waals surface area contributed by atoms with E-state index in [0.29, 0.717) is 11.4 Å². The molecule has 0 bridgehead atoms. The van der Waals surface area contributed by atoms with E-state index in [9.17, 15) is 13.2 Å². The van der Waals surface area contributed by atoms with Crippen LogP contribution in [0, 0.1) is 0 Å². The van der Waals surface area contributed by atoms with Crippen LogP contribution in [0.2, 0.25) is 0 Å². The van der Waals surface area contributed by atoms with E-state index in [0.717, 1.165) is 4.90 Å². The zero-order valence-electron chi connectivity index (χ0n) is 9.76. The van der Waals surface area contributed by atoms with Crippen LogP contribution in [0.4, 0.5) is 24.5 Å². The highest BCUT2D eigenvalue weighted by Gasteiger charge is 2.39. The lowest BCUT2D eigenvalue weighted by atomic mass is 10.2. The average Bonchev–Trinajstić information content (AvgIpc) is 2.40. The zero-order valence-corrected chi connectivity index (χ0v) is 10.6. The molecule has 0 unspecified atom stereocenters. The Bertz CT molecular complexity index is 512. The summed E-state index contributed by atoms with van der Waals surface area (Å²) in [7, 11) is 0. The lowest BCUT2D eigenvalue weighted by Crippen LogP contribution is -2.36. The molecule has 0 spiro atoms. The first-order chi connectivity index (χ1) is 9.00. The maximum atomic E-state index is 12.9. The molecule has 0 aliphatic heterocycles. The second-order valence-electron chi connectivity index (χ2n) is 3.81. The molecule has 0 radical (unpaired) electrons. The van der Waals surface area contributed by atoms with Gasteiger partial charge < -0.3 is 0 Å². The summed E-state index contributed by atoms with van der Waals surface area (Å²) in [6.07, 6.45) is -4.55. The Kier molecular flexibility index (Phi) is 3.85. The number of hydrogen-bond acceptors (Lipinski definition) is 1. The lowest BCUT2D eigenvalue weighted by molar-refractivity contribution is -0.0572. The minimum Gasteiger partial charge on any atom is -0.297 e. The largest absolute Gasteiger partial charge is 0.442 e. The van der Waals surface area contributed by atoms with Crippen molar-refractivity contribution in [3.8, 4) is 0 Å². The van der Waals surface area contributed by atoms with Gasteiger partial charge in [-0.25, -0.2) is 0 Å². The number of para-hydroxylation sites is 2. The van der Waals surface area contributed by atoms with E-state index in [1.54, 1.807) is 60.7 Å². The molecule has 1 nitrogen and oxygen atoms in total. The van der Waals surface area contributed by atoms with E-state index in [-0.39, 0.29) is 0 Å². The Morgan fingerprint density at radius 3 is 1.47 bits per heavy atom. The van der Waals surface area contributed by atoms with Crippen molar-refractivity contribution in [1.82, 2.24) is 0 Å². The van der Waals surface area contributed by atoms with Gasteiger partial charge in [0.2, 0.25) is 0 Å². The van der Waals surface area contributed by atoms with Crippen LogP contribution in [-0.4, -0.2) is 11.2 Å². The molecule has 2 aromatic carbocycles. The van der Waals surface area contributed by atoms with E-state index in [1.165, 1.54) is 0 Å². The summed E-state index contributed by atoms with van der Waals surface area (Å²) >= 11 is 4.58. The van der Waals surface area contributed by atoms with Crippen molar-refractivity contribution in [3.63, 3.8) is 0 Å². The highest BCUT2D eigenvalue weighted by Crippen LogP contribution is 2.31. The summed E-state index contributed by atoms with van der Waals surface area (Å²) in [5.74, 6) is 0. The Balaban J connectivity index is 2.49. The van der Waals surface area contributed by atoms with E-state index in [4.69, 9.17) is 0 Å². The van der Waals surface area contributed by atoms with Gasteiger partial charge in [-0.2, -0.15) is 13.2 Å². The molecule has 0 heterocycles. The number of nitrogens with zero attached hydrogens (tertiary/aromatic N) is 1. The highest BCUT2D eigenvalue weighted by atomic mass is 32.1. The monoisotopic (exact) mass is 281 g/mol. The molecule has 0 atom stereocenters. The summed E-state index contributed by atoms with van der Waals surface area (Å²) in [5.41, 5.74) is 0.770. The van der Waals surface area contributed by atoms with Crippen LogP contribution in [-0.2, 0) is 0 Å². The molecule has 2 aromatic rings. The normalized spacial score (nSPS) is 11.1. The third-order valence-corrected chi connectivity index (χ3v) is 2.89. The fraction of sp³-hybridized carbons (Fsp3) is 0.0714. The molecule has 0 aliphatic carbocycles. The zero-order chi connectivity index (χ0) is 13.9. The first kappa shape index (κ1) is 13.5. The molecule has 98 valence electrons. The quantitative estimate of drug-likeness (QED) is 0.733. The molecule has 0 aliphatic rings. The number of thiocarbonyl (C=S) groups is 1. The van der Waals surface area contributed by atoms with Gasteiger partial charge in [0.1, 0.15) is 0 Å². The van der Waals surface area contributed by atoms with Gasteiger partial charge in [0.15, 0.2) is 4.99 Å². The molecule has 0 saturated heterocycles. The van der Waals surface area contributed by atoms with Crippen LogP contribution in [0.15, 0.2) is 60.7 Å². The van der Waals surface area contributed by atoms with E-state index in [1.807, 2.05) is 0 Å². The van der Waals surface area contributed by atoms with Crippen molar-refractivity contribution < 1.29 is 13.2 Å². The maximum absolute atomic E-state index is 12.9. The third kappa shape index (κ3) is 3.12. The Hall–Kier alpha value is -1.88. The van der Waals surface area contributed by atoms with Crippen LogP contribution in [0.1, 0.15) is 0 Å². The Morgan fingerprint density at radius 2 is 1.16 bits per heavy atom. The van der Waals surface area contributed by atoms with Gasteiger partial charge in [-0.3, -0.25) is 4.90 Å². The Morgan fingerprint density at radius 1 is 0.789 bits per heavy atom. The smallest absolute Gasteiger partial charge is 0.297 e. The number of alkyl halides is 3. The fourth-order valence-electron chi connectivity index (χ4n) is 1.66. The standard InChI is InChI=1S/C14H10F3NS/c15-14(16,17)13(19)18(11-7-3-1-4-8-11)12-9-5-2-6-10-12/h1-10H. The number of anilines is 2. The molecule has 0 fully saturated rings. The molecule has 19 heavy (non-hydrogen) atoms. The second kappa shape index (κ2) is 5.40. The van der Waals surface area contributed by atoms with Gasteiger partial charge in [0.25, 0.3) is 0 Å². The summed E-state index contributed by atoms with van der Waals surface area (Å²) in [6.45, 7) is 0. The van der Waals surface area contributed by atoms with Crippen LogP contribution >= 0.6 is 12.2 Å². The molecular weight excluding hydrogens is 271 g/mol. The summed E-state index contributed by atoms with van der Waals surface area (Å²) in [5, 5.41) is 0. The number of rotatable bonds is 2. The fourth-order valence-corrected chi connectivity index (χ4v) is 1.88. The van der Waals surface area contributed by atoms with Crippen molar-refractivity contribution in [1.29, 1.82) is 0 Å². The predicted molar refractivity (Wildman–Crippen MR) is 73.7 cm³/mol. The van der Waals surface area contributed by atoms with Crippen molar-refractivity contribution in [2.45, 2.75) is 6.18 Å². The van der Waals surface area contributed by atoms with E-state index < -0.39 is 11.2 Å². The summed E-state index contributed by atoms with van der Waals surface area (Å²) in [4.78, 5) is -0.0556. The van der Waals surface area contributed by atoms with Crippen molar-refractivity contribution in [2.75, 3.05) is 4.90 Å². The van der Waals surface area contributed by atoms with Crippen molar-refractivity contribution in [3.05, 3.63) is 60.7 Å². The second-order valence-corrected chi connectivity index (χ2v) is 4.20. The van der Waals surface area contributed by atoms with E-state index >= 15 is 0 Å². The minimum atomic E-state index is -4.55. The number of benzene rings is 2. The lowest BCUT2D eigenvalue weighted by Gasteiger charge is -2.26. The predicted octanol–water partition coefficient (Wildman–Crippen LogP) is 4.71. The molecule has 0 N–H and O–H groups in total. The van der Waals surface area contributed by atoms with Gasteiger partial charge >= 0.3 is 6.18 Å². The van der Waals surface area contributed by atoms with E-state index in [2.05, 4.69) is 12.2 Å².